The van der Waals surface area contributed by atoms with E-state index in [0.29, 0.717) is 33.5 Å². The normalized spacial score (nSPS) is 10.7. The van der Waals surface area contributed by atoms with Gasteiger partial charge in [-0.05, 0) is 29.8 Å². The van der Waals surface area contributed by atoms with E-state index in [1.807, 2.05) is 12.1 Å². The number of fused-ring (bicyclic) bond motifs is 1. The van der Waals surface area contributed by atoms with Crippen LogP contribution < -0.4 is 15.9 Å². The number of nitrogen functional groups attached to an aromatic ring is 1. The van der Waals surface area contributed by atoms with Crippen molar-refractivity contribution in [2.75, 3.05) is 12.8 Å². The Hall–Kier alpha value is -2.75. The molecule has 2 N–H and O–H groups in total. The Morgan fingerprint density at radius 3 is 2.70 bits per heavy atom. The SMILES string of the molecule is COc1ccc(-c2coc3ccccc3c2=O)cc1N. The van der Waals surface area contributed by atoms with Gasteiger partial charge in [-0.2, -0.15) is 0 Å². The summed E-state index contributed by atoms with van der Waals surface area (Å²) in [7, 11) is 1.55. The number of nitrogens with two attached hydrogens (primary N) is 1. The van der Waals surface area contributed by atoms with Gasteiger partial charge in [0.05, 0.1) is 23.7 Å². The summed E-state index contributed by atoms with van der Waals surface area (Å²) in [5.74, 6) is 0.582. The third-order valence-corrected chi connectivity index (χ3v) is 3.22. The van der Waals surface area contributed by atoms with Crippen molar-refractivity contribution in [2.45, 2.75) is 0 Å². The van der Waals surface area contributed by atoms with Gasteiger partial charge >= 0.3 is 0 Å². The zero-order chi connectivity index (χ0) is 14.1. The third-order valence-electron chi connectivity index (χ3n) is 3.22. The number of rotatable bonds is 2. The predicted molar refractivity (Wildman–Crippen MR) is 78.9 cm³/mol. The van der Waals surface area contributed by atoms with Gasteiger partial charge < -0.3 is 14.9 Å². The molecule has 0 saturated heterocycles. The minimum atomic E-state index is -0.0728. The Morgan fingerprint density at radius 2 is 1.95 bits per heavy atom. The van der Waals surface area contributed by atoms with Gasteiger partial charge in [0.2, 0.25) is 0 Å². The molecule has 1 heterocycles. The van der Waals surface area contributed by atoms with Crippen molar-refractivity contribution < 1.29 is 9.15 Å². The van der Waals surface area contributed by atoms with Gasteiger partial charge in [-0.3, -0.25) is 4.79 Å². The van der Waals surface area contributed by atoms with Gasteiger partial charge in [0.15, 0.2) is 5.43 Å². The fourth-order valence-electron chi connectivity index (χ4n) is 2.18. The monoisotopic (exact) mass is 267 g/mol. The summed E-state index contributed by atoms with van der Waals surface area (Å²) in [6.45, 7) is 0. The van der Waals surface area contributed by atoms with Crippen LogP contribution in [0.3, 0.4) is 0 Å². The molecule has 3 rings (SSSR count). The molecule has 0 fully saturated rings. The predicted octanol–water partition coefficient (Wildman–Crippen LogP) is 3.05. The lowest BCUT2D eigenvalue weighted by molar-refractivity contribution is 0.417. The molecule has 2 aromatic carbocycles. The zero-order valence-corrected chi connectivity index (χ0v) is 10.9. The van der Waals surface area contributed by atoms with Crippen LogP contribution in [0.15, 0.2) is 57.9 Å². The van der Waals surface area contributed by atoms with Gasteiger partial charge in [-0.15, -0.1) is 0 Å². The molecule has 0 amide bonds. The second-order valence-corrected chi connectivity index (χ2v) is 4.43. The molecular weight excluding hydrogens is 254 g/mol. The lowest BCUT2D eigenvalue weighted by Crippen LogP contribution is -2.05. The molecule has 4 heteroatoms. The van der Waals surface area contributed by atoms with Crippen LogP contribution in [0.25, 0.3) is 22.1 Å². The Morgan fingerprint density at radius 1 is 1.15 bits per heavy atom. The largest absolute Gasteiger partial charge is 0.495 e. The topological polar surface area (TPSA) is 65.5 Å². The summed E-state index contributed by atoms with van der Waals surface area (Å²) >= 11 is 0. The van der Waals surface area contributed by atoms with Gasteiger partial charge in [0.25, 0.3) is 0 Å². The number of hydrogen-bond donors (Lipinski definition) is 1. The molecule has 0 unspecified atom stereocenters. The molecule has 0 atom stereocenters. The van der Waals surface area contributed by atoms with E-state index < -0.39 is 0 Å². The Bertz CT molecular complexity index is 836. The average molecular weight is 267 g/mol. The molecule has 0 aliphatic heterocycles. The van der Waals surface area contributed by atoms with Crippen LogP contribution in [0, 0.1) is 0 Å². The number of benzene rings is 2. The second-order valence-electron chi connectivity index (χ2n) is 4.43. The van der Waals surface area contributed by atoms with Crippen LogP contribution in [0.1, 0.15) is 0 Å². The first-order valence-corrected chi connectivity index (χ1v) is 6.15. The van der Waals surface area contributed by atoms with Crippen LogP contribution in [-0.4, -0.2) is 7.11 Å². The third kappa shape index (κ3) is 1.91. The number of hydrogen-bond acceptors (Lipinski definition) is 4. The first-order valence-electron chi connectivity index (χ1n) is 6.15. The molecule has 0 radical (unpaired) electrons. The summed E-state index contributed by atoms with van der Waals surface area (Å²) in [6, 6.07) is 12.4. The smallest absolute Gasteiger partial charge is 0.200 e. The summed E-state index contributed by atoms with van der Waals surface area (Å²) < 4.78 is 10.6. The molecule has 0 bridgehead atoms. The lowest BCUT2D eigenvalue weighted by atomic mass is 10.0. The van der Waals surface area contributed by atoms with Crippen LogP contribution in [0.4, 0.5) is 5.69 Å². The van der Waals surface area contributed by atoms with E-state index in [1.54, 1.807) is 37.4 Å². The van der Waals surface area contributed by atoms with E-state index >= 15 is 0 Å². The summed E-state index contributed by atoms with van der Waals surface area (Å²) in [6.07, 6.45) is 1.46. The number of anilines is 1. The standard InChI is InChI=1S/C16H13NO3/c1-19-15-7-6-10(8-13(15)17)12-9-20-14-5-3-2-4-11(14)16(12)18/h2-9H,17H2,1H3. The fourth-order valence-corrected chi connectivity index (χ4v) is 2.18. The zero-order valence-electron chi connectivity index (χ0n) is 10.9. The summed E-state index contributed by atoms with van der Waals surface area (Å²) in [5, 5.41) is 0.555. The van der Waals surface area contributed by atoms with Crippen molar-refractivity contribution in [2.24, 2.45) is 0 Å². The molecule has 20 heavy (non-hydrogen) atoms. The van der Waals surface area contributed by atoms with Gasteiger partial charge in [-0.1, -0.05) is 18.2 Å². The van der Waals surface area contributed by atoms with Crippen molar-refractivity contribution in [3.63, 3.8) is 0 Å². The van der Waals surface area contributed by atoms with E-state index in [0.717, 1.165) is 0 Å². The Labute approximate surface area is 115 Å². The molecule has 3 aromatic rings. The molecule has 4 nitrogen and oxygen atoms in total. The summed E-state index contributed by atoms with van der Waals surface area (Å²) in [5.41, 5.74) is 8.05. The van der Waals surface area contributed by atoms with Crippen molar-refractivity contribution >= 4 is 16.7 Å². The maximum Gasteiger partial charge on any atom is 0.200 e. The van der Waals surface area contributed by atoms with E-state index in [-0.39, 0.29) is 5.43 Å². The minimum Gasteiger partial charge on any atom is -0.495 e. The van der Waals surface area contributed by atoms with Crippen LogP contribution in [0.2, 0.25) is 0 Å². The van der Waals surface area contributed by atoms with Crippen molar-refractivity contribution in [3.8, 4) is 16.9 Å². The molecule has 0 aliphatic carbocycles. The van der Waals surface area contributed by atoms with Crippen LogP contribution in [-0.2, 0) is 0 Å². The van der Waals surface area contributed by atoms with Crippen LogP contribution in [0.5, 0.6) is 5.75 Å². The highest BCUT2D eigenvalue weighted by molar-refractivity contribution is 5.82. The maximum atomic E-state index is 12.5. The average Bonchev–Trinajstić information content (AvgIpc) is 2.48. The lowest BCUT2D eigenvalue weighted by Gasteiger charge is -2.07. The van der Waals surface area contributed by atoms with Crippen molar-refractivity contribution in [1.29, 1.82) is 0 Å². The highest BCUT2D eigenvalue weighted by Crippen LogP contribution is 2.27. The number of ether oxygens (including phenoxy) is 1. The molecule has 0 spiro atoms. The summed E-state index contributed by atoms with van der Waals surface area (Å²) in [4.78, 5) is 12.5. The van der Waals surface area contributed by atoms with Gasteiger partial charge in [0, 0.05) is 0 Å². The van der Waals surface area contributed by atoms with E-state index in [1.165, 1.54) is 6.26 Å². The van der Waals surface area contributed by atoms with E-state index in [4.69, 9.17) is 14.9 Å². The van der Waals surface area contributed by atoms with Crippen LogP contribution >= 0.6 is 0 Å². The first-order chi connectivity index (χ1) is 9.70. The highest BCUT2D eigenvalue weighted by Gasteiger charge is 2.10. The second kappa shape index (κ2) is 4.74. The molecule has 1 aromatic heterocycles. The number of para-hydroxylation sites is 1. The minimum absolute atomic E-state index is 0.0728. The van der Waals surface area contributed by atoms with Crippen molar-refractivity contribution in [3.05, 3.63) is 59.0 Å². The molecular formula is C16H13NO3. The fraction of sp³-hybridized carbons (Fsp3) is 0.0625. The van der Waals surface area contributed by atoms with Gasteiger partial charge in [-0.25, -0.2) is 0 Å². The first kappa shape index (κ1) is 12.3. The highest BCUT2D eigenvalue weighted by atomic mass is 16.5. The quantitative estimate of drug-likeness (QED) is 0.725. The number of methoxy groups -OCH3 is 1. The van der Waals surface area contributed by atoms with Crippen molar-refractivity contribution in [1.82, 2.24) is 0 Å². The maximum absolute atomic E-state index is 12.5. The Balaban J connectivity index is 2.22. The molecule has 100 valence electrons. The molecule has 0 aliphatic rings. The van der Waals surface area contributed by atoms with Gasteiger partial charge in [0.1, 0.15) is 17.6 Å². The van der Waals surface area contributed by atoms with E-state index in [2.05, 4.69) is 0 Å². The van der Waals surface area contributed by atoms with E-state index in [9.17, 15) is 4.79 Å². The Kier molecular flexibility index (Phi) is 2.91. The molecule has 0 saturated carbocycles.